The molecule has 20 heavy (non-hydrogen) atoms. The summed E-state index contributed by atoms with van der Waals surface area (Å²) >= 11 is 1.20. The molecule has 0 saturated carbocycles. The van der Waals surface area contributed by atoms with Gasteiger partial charge in [0, 0.05) is 6.54 Å². The molecule has 1 fully saturated rings. The summed E-state index contributed by atoms with van der Waals surface area (Å²) in [5.74, 6) is 0. The number of rotatable bonds is 2. The Hall–Kier alpha value is -1.57. The quantitative estimate of drug-likeness (QED) is 0.897. The zero-order valence-electron chi connectivity index (χ0n) is 12.0. The maximum Gasteiger partial charge on any atom is 0.410 e. The number of amides is 1. The van der Waals surface area contributed by atoms with E-state index in [9.17, 15) is 4.79 Å². The molecule has 1 unspecified atom stereocenters. The van der Waals surface area contributed by atoms with Gasteiger partial charge in [0.2, 0.25) is 5.13 Å². The van der Waals surface area contributed by atoms with Crippen LogP contribution < -0.4 is 10.5 Å². The van der Waals surface area contributed by atoms with Crippen LogP contribution in [0.25, 0.3) is 0 Å². The number of ether oxygens (including phenoxy) is 2. The van der Waals surface area contributed by atoms with Crippen LogP contribution in [0.2, 0.25) is 0 Å². The number of anilines is 1. The molecule has 0 bridgehead atoms. The highest BCUT2D eigenvalue weighted by Crippen LogP contribution is 2.24. The Bertz CT molecular complexity index is 472. The minimum Gasteiger partial charge on any atom is -0.464 e. The summed E-state index contributed by atoms with van der Waals surface area (Å²) in [5, 5.41) is 8.34. The summed E-state index contributed by atoms with van der Waals surface area (Å²) in [6, 6.07) is 0. The van der Waals surface area contributed by atoms with Gasteiger partial charge < -0.3 is 20.1 Å². The van der Waals surface area contributed by atoms with Crippen LogP contribution in [0.3, 0.4) is 0 Å². The number of aromatic nitrogens is 2. The van der Waals surface area contributed by atoms with Crippen molar-refractivity contribution in [3.8, 4) is 5.19 Å². The highest BCUT2D eigenvalue weighted by Gasteiger charge is 2.29. The number of nitrogens with zero attached hydrogens (tertiary/aromatic N) is 3. The van der Waals surface area contributed by atoms with E-state index in [4.69, 9.17) is 15.2 Å². The summed E-state index contributed by atoms with van der Waals surface area (Å²) in [6.07, 6.45) is 1.35. The fourth-order valence-electron chi connectivity index (χ4n) is 1.94. The van der Waals surface area contributed by atoms with Crippen molar-refractivity contribution < 1.29 is 14.3 Å². The minimum absolute atomic E-state index is 0.0939. The molecule has 2 N–H and O–H groups in total. The highest BCUT2D eigenvalue weighted by molar-refractivity contribution is 7.16. The zero-order chi connectivity index (χ0) is 14.8. The number of piperidine rings is 1. The Morgan fingerprint density at radius 2 is 2.20 bits per heavy atom. The van der Waals surface area contributed by atoms with Gasteiger partial charge in [-0.2, -0.15) is 0 Å². The van der Waals surface area contributed by atoms with Crippen molar-refractivity contribution in [2.45, 2.75) is 45.3 Å². The van der Waals surface area contributed by atoms with E-state index in [0.29, 0.717) is 23.4 Å². The Balaban J connectivity index is 1.90. The molecule has 112 valence electrons. The lowest BCUT2D eigenvalue weighted by molar-refractivity contribution is 0.00766. The van der Waals surface area contributed by atoms with Crippen LogP contribution in [-0.2, 0) is 4.74 Å². The smallest absolute Gasteiger partial charge is 0.410 e. The van der Waals surface area contributed by atoms with E-state index < -0.39 is 5.60 Å². The Morgan fingerprint density at radius 3 is 2.80 bits per heavy atom. The molecule has 0 radical (unpaired) electrons. The van der Waals surface area contributed by atoms with Crippen molar-refractivity contribution in [2.24, 2.45) is 0 Å². The minimum atomic E-state index is -0.488. The third-order valence-electron chi connectivity index (χ3n) is 2.72. The number of nitrogen functional groups attached to an aromatic ring is 1. The van der Waals surface area contributed by atoms with Crippen molar-refractivity contribution in [3.63, 3.8) is 0 Å². The molecule has 0 aliphatic carbocycles. The number of carbonyl (C=O) groups excluding carboxylic acids is 1. The lowest BCUT2D eigenvalue weighted by Gasteiger charge is -2.33. The fraction of sp³-hybridized carbons (Fsp3) is 0.750. The largest absolute Gasteiger partial charge is 0.464 e. The number of likely N-dealkylation sites (tertiary alicyclic amines) is 1. The molecule has 1 saturated heterocycles. The maximum absolute atomic E-state index is 12.0. The molecule has 1 aliphatic heterocycles. The Morgan fingerprint density at radius 1 is 1.45 bits per heavy atom. The SMILES string of the molecule is CC(C)(C)OC(=O)N1CCCC(Oc2nnc(N)s2)C1. The molecular formula is C12H20N4O3S. The van der Waals surface area contributed by atoms with Gasteiger partial charge in [-0.05, 0) is 44.9 Å². The van der Waals surface area contributed by atoms with Gasteiger partial charge in [0.25, 0.3) is 5.19 Å². The van der Waals surface area contributed by atoms with Gasteiger partial charge in [0.05, 0.1) is 6.54 Å². The van der Waals surface area contributed by atoms with Crippen LogP contribution in [0.5, 0.6) is 5.19 Å². The van der Waals surface area contributed by atoms with Gasteiger partial charge in [0.1, 0.15) is 11.7 Å². The van der Waals surface area contributed by atoms with Crippen LogP contribution in [0.1, 0.15) is 33.6 Å². The van der Waals surface area contributed by atoms with Crippen LogP contribution in [0.15, 0.2) is 0 Å². The van der Waals surface area contributed by atoms with E-state index in [1.807, 2.05) is 20.8 Å². The fourth-order valence-corrected chi connectivity index (χ4v) is 2.46. The maximum atomic E-state index is 12.0. The molecule has 0 aromatic carbocycles. The number of hydrogen-bond donors (Lipinski definition) is 1. The molecule has 1 aromatic rings. The van der Waals surface area contributed by atoms with Gasteiger partial charge in [-0.1, -0.05) is 5.10 Å². The third-order valence-corrected chi connectivity index (χ3v) is 3.36. The first-order valence-electron chi connectivity index (χ1n) is 6.57. The summed E-state index contributed by atoms with van der Waals surface area (Å²) in [4.78, 5) is 13.7. The van der Waals surface area contributed by atoms with Crippen LogP contribution in [0.4, 0.5) is 9.93 Å². The van der Waals surface area contributed by atoms with Gasteiger partial charge in [-0.3, -0.25) is 0 Å². The summed E-state index contributed by atoms with van der Waals surface area (Å²) < 4.78 is 11.1. The Labute approximate surface area is 122 Å². The van der Waals surface area contributed by atoms with Crippen molar-refractivity contribution in [2.75, 3.05) is 18.8 Å². The molecule has 8 heteroatoms. The molecule has 1 aromatic heterocycles. The lowest BCUT2D eigenvalue weighted by atomic mass is 10.1. The van der Waals surface area contributed by atoms with Crippen molar-refractivity contribution >= 4 is 22.6 Å². The average Bonchev–Trinajstić information content (AvgIpc) is 2.73. The zero-order valence-corrected chi connectivity index (χ0v) is 12.8. The second-order valence-corrected chi connectivity index (χ2v) is 6.69. The van der Waals surface area contributed by atoms with Crippen LogP contribution in [0, 0.1) is 0 Å². The second kappa shape index (κ2) is 5.82. The van der Waals surface area contributed by atoms with E-state index in [-0.39, 0.29) is 12.2 Å². The van der Waals surface area contributed by atoms with Gasteiger partial charge in [0.15, 0.2) is 0 Å². The van der Waals surface area contributed by atoms with Crippen LogP contribution >= 0.6 is 11.3 Å². The summed E-state index contributed by atoms with van der Waals surface area (Å²) in [5.41, 5.74) is 5.02. The van der Waals surface area contributed by atoms with E-state index >= 15 is 0 Å². The van der Waals surface area contributed by atoms with E-state index in [1.165, 1.54) is 11.3 Å². The number of hydrogen-bond acceptors (Lipinski definition) is 7. The summed E-state index contributed by atoms with van der Waals surface area (Å²) in [6.45, 7) is 6.74. The normalized spacial score (nSPS) is 19.8. The molecule has 2 heterocycles. The topological polar surface area (TPSA) is 90.6 Å². The van der Waals surface area contributed by atoms with Crippen molar-refractivity contribution in [1.29, 1.82) is 0 Å². The predicted octanol–water partition coefficient (Wildman–Crippen LogP) is 1.90. The second-order valence-electron chi connectivity index (χ2n) is 5.71. The molecule has 1 atom stereocenters. The predicted molar refractivity (Wildman–Crippen MR) is 75.8 cm³/mol. The van der Waals surface area contributed by atoms with E-state index in [0.717, 1.165) is 12.8 Å². The monoisotopic (exact) mass is 300 g/mol. The van der Waals surface area contributed by atoms with Crippen molar-refractivity contribution in [3.05, 3.63) is 0 Å². The van der Waals surface area contributed by atoms with E-state index in [2.05, 4.69) is 10.2 Å². The molecule has 0 spiro atoms. The first-order valence-corrected chi connectivity index (χ1v) is 7.39. The highest BCUT2D eigenvalue weighted by atomic mass is 32.1. The lowest BCUT2D eigenvalue weighted by Crippen LogP contribution is -2.46. The molecule has 7 nitrogen and oxygen atoms in total. The molecule has 2 rings (SSSR count). The third kappa shape index (κ3) is 4.22. The number of nitrogens with two attached hydrogens (primary N) is 1. The average molecular weight is 300 g/mol. The van der Waals surface area contributed by atoms with Gasteiger partial charge in [-0.15, -0.1) is 5.10 Å². The molecule has 1 amide bonds. The Kier molecular flexibility index (Phi) is 4.32. The molecular weight excluding hydrogens is 280 g/mol. The first-order chi connectivity index (χ1) is 9.33. The van der Waals surface area contributed by atoms with Gasteiger partial charge >= 0.3 is 6.09 Å². The summed E-state index contributed by atoms with van der Waals surface area (Å²) in [7, 11) is 0. The van der Waals surface area contributed by atoms with Crippen molar-refractivity contribution in [1.82, 2.24) is 15.1 Å². The van der Waals surface area contributed by atoms with Crippen LogP contribution in [-0.4, -0.2) is 46.0 Å². The first kappa shape index (κ1) is 14.8. The standard InChI is InChI=1S/C12H20N4O3S/c1-12(2,3)19-11(17)16-6-4-5-8(7-16)18-10-15-14-9(13)20-10/h8H,4-7H2,1-3H3,(H2,13,14). The van der Waals surface area contributed by atoms with Gasteiger partial charge in [-0.25, -0.2) is 4.79 Å². The number of carbonyl (C=O) groups is 1. The van der Waals surface area contributed by atoms with E-state index in [1.54, 1.807) is 4.90 Å². The molecule has 1 aliphatic rings.